The van der Waals surface area contributed by atoms with Crippen LogP contribution in [-0.4, -0.2) is 6.54 Å². The summed E-state index contributed by atoms with van der Waals surface area (Å²) in [5.74, 6) is 0. The average Bonchev–Trinajstić information content (AvgIpc) is 2.16. The van der Waals surface area contributed by atoms with Crippen LogP contribution in [-0.2, 0) is 11.7 Å². The number of benzene rings is 1. The van der Waals surface area contributed by atoms with Crippen LogP contribution < -0.4 is 5.32 Å². The summed E-state index contributed by atoms with van der Waals surface area (Å²) in [4.78, 5) is 0. The summed E-state index contributed by atoms with van der Waals surface area (Å²) in [7, 11) is 0. The molecule has 0 radical (unpaired) electrons. The smallest absolute Gasteiger partial charge is 0.308 e. The van der Waals surface area contributed by atoms with Crippen LogP contribution in [0.1, 0.15) is 31.9 Å². The van der Waals surface area contributed by atoms with Gasteiger partial charge in [0.25, 0.3) is 0 Å². The fourth-order valence-electron chi connectivity index (χ4n) is 1.62. The molecular formula is C12H16F3N. The Balaban J connectivity index is 2.95. The predicted molar refractivity (Wildman–Crippen MR) is 58.1 cm³/mol. The molecule has 0 aliphatic heterocycles. The maximum absolute atomic E-state index is 12.3. The largest absolute Gasteiger partial charge is 0.416 e. The van der Waals surface area contributed by atoms with Crippen LogP contribution in [0.2, 0.25) is 0 Å². The Labute approximate surface area is 93.7 Å². The van der Waals surface area contributed by atoms with Crippen molar-refractivity contribution in [1.29, 1.82) is 0 Å². The van der Waals surface area contributed by atoms with Crippen LogP contribution in [0.15, 0.2) is 24.3 Å². The Kier molecular flexibility index (Phi) is 3.63. The molecule has 90 valence electrons. The van der Waals surface area contributed by atoms with Gasteiger partial charge < -0.3 is 5.32 Å². The van der Waals surface area contributed by atoms with Crippen molar-refractivity contribution in [3.63, 3.8) is 0 Å². The normalized spacial score (nSPS) is 12.9. The van der Waals surface area contributed by atoms with Gasteiger partial charge in [0, 0.05) is 5.54 Å². The molecule has 0 spiro atoms. The van der Waals surface area contributed by atoms with E-state index in [0.29, 0.717) is 0 Å². The van der Waals surface area contributed by atoms with E-state index in [1.807, 2.05) is 20.8 Å². The van der Waals surface area contributed by atoms with Gasteiger partial charge in [-0.25, -0.2) is 0 Å². The fourth-order valence-corrected chi connectivity index (χ4v) is 1.62. The van der Waals surface area contributed by atoms with Crippen LogP contribution in [0, 0.1) is 0 Å². The van der Waals surface area contributed by atoms with Crippen molar-refractivity contribution in [1.82, 2.24) is 5.32 Å². The molecule has 0 aliphatic rings. The lowest BCUT2D eigenvalue weighted by Gasteiger charge is -2.26. The van der Waals surface area contributed by atoms with E-state index in [9.17, 15) is 13.2 Å². The topological polar surface area (TPSA) is 12.0 Å². The van der Waals surface area contributed by atoms with Crippen LogP contribution >= 0.6 is 0 Å². The summed E-state index contributed by atoms with van der Waals surface area (Å²) in [6.07, 6.45) is -4.26. The van der Waals surface area contributed by atoms with E-state index in [1.54, 1.807) is 0 Å². The highest BCUT2D eigenvalue weighted by atomic mass is 19.4. The van der Waals surface area contributed by atoms with Crippen molar-refractivity contribution < 1.29 is 13.2 Å². The Bertz CT molecular complexity index is 338. The van der Waals surface area contributed by atoms with Gasteiger partial charge in [-0.2, -0.15) is 13.2 Å². The van der Waals surface area contributed by atoms with Gasteiger partial charge in [-0.05, 0) is 38.1 Å². The fraction of sp³-hybridized carbons (Fsp3) is 0.500. The Morgan fingerprint density at radius 3 is 1.81 bits per heavy atom. The SMILES string of the molecule is CCNC(C)(C)c1ccc(C(F)(F)F)cc1. The van der Waals surface area contributed by atoms with Gasteiger partial charge in [-0.1, -0.05) is 19.1 Å². The van der Waals surface area contributed by atoms with Gasteiger partial charge in [0.05, 0.1) is 5.56 Å². The van der Waals surface area contributed by atoms with Gasteiger partial charge in [0.15, 0.2) is 0 Å². The van der Waals surface area contributed by atoms with Crippen LogP contribution in [0.4, 0.5) is 13.2 Å². The van der Waals surface area contributed by atoms with E-state index >= 15 is 0 Å². The molecule has 0 saturated heterocycles. The molecule has 4 heteroatoms. The number of halogens is 3. The Morgan fingerprint density at radius 1 is 1.00 bits per heavy atom. The second kappa shape index (κ2) is 4.45. The van der Waals surface area contributed by atoms with Crippen molar-refractivity contribution in [3.8, 4) is 0 Å². The highest BCUT2D eigenvalue weighted by Crippen LogP contribution is 2.30. The summed E-state index contributed by atoms with van der Waals surface area (Å²) in [5.41, 5.74) is -0.0651. The Morgan fingerprint density at radius 2 is 1.44 bits per heavy atom. The molecular weight excluding hydrogens is 215 g/mol. The van der Waals surface area contributed by atoms with Gasteiger partial charge in [-0.15, -0.1) is 0 Å². The lowest BCUT2D eigenvalue weighted by Crippen LogP contribution is -2.36. The van der Waals surface area contributed by atoms with Gasteiger partial charge in [-0.3, -0.25) is 0 Å². The first kappa shape index (κ1) is 13.0. The standard InChI is InChI=1S/C12H16F3N/c1-4-16-11(2,3)9-5-7-10(8-6-9)12(13,14)15/h5-8,16H,4H2,1-3H3. The van der Waals surface area contributed by atoms with Gasteiger partial charge >= 0.3 is 6.18 Å². The number of nitrogens with one attached hydrogen (secondary N) is 1. The second-order valence-electron chi connectivity index (χ2n) is 4.23. The van der Waals surface area contributed by atoms with E-state index in [4.69, 9.17) is 0 Å². The average molecular weight is 231 g/mol. The summed E-state index contributed by atoms with van der Waals surface area (Å²) < 4.78 is 37.0. The molecule has 1 nitrogen and oxygen atoms in total. The van der Waals surface area contributed by atoms with E-state index in [2.05, 4.69) is 5.32 Å². The first-order valence-corrected chi connectivity index (χ1v) is 5.20. The van der Waals surface area contributed by atoms with Crippen LogP contribution in [0.3, 0.4) is 0 Å². The lowest BCUT2D eigenvalue weighted by molar-refractivity contribution is -0.137. The summed E-state index contributed by atoms with van der Waals surface area (Å²) in [6, 6.07) is 5.28. The number of alkyl halides is 3. The molecule has 0 unspecified atom stereocenters. The molecule has 0 bridgehead atoms. The summed E-state index contributed by atoms with van der Waals surface area (Å²) in [6.45, 7) is 6.62. The molecule has 1 N–H and O–H groups in total. The first-order chi connectivity index (χ1) is 7.27. The lowest BCUT2D eigenvalue weighted by atomic mass is 9.93. The summed E-state index contributed by atoms with van der Waals surface area (Å²) >= 11 is 0. The van der Waals surface area contributed by atoms with Crippen molar-refractivity contribution in [3.05, 3.63) is 35.4 Å². The number of hydrogen-bond donors (Lipinski definition) is 1. The number of hydrogen-bond acceptors (Lipinski definition) is 1. The Hall–Kier alpha value is -1.03. The first-order valence-electron chi connectivity index (χ1n) is 5.20. The minimum atomic E-state index is -4.26. The third-order valence-electron chi connectivity index (χ3n) is 2.55. The predicted octanol–water partition coefficient (Wildman–Crippen LogP) is 3.55. The second-order valence-corrected chi connectivity index (χ2v) is 4.23. The molecule has 0 fully saturated rings. The van der Waals surface area contributed by atoms with Crippen molar-refractivity contribution in [2.24, 2.45) is 0 Å². The van der Waals surface area contributed by atoms with Gasteiger partial charge in [0.1, 0.15) is 0 Å². The third kappa shape index (κ3) is 2.98. The van der Waals surface area contributed by atoms with E-state index in [-0.39, 0.29) is 5.54 Å². The van der Waals surface area contributed by atoms with Crippen molar-refractivity contribution >= 4 is 0 Å². The molecule has 0 aliphatic carbocycles. The molecule has 1 aromatic carbocycles. The molecule has 1 rings (SSSR count). The van der Waals surface area contributed by atoms with E-state index in [1.165, 1.54) is 12.1 Å². The molecule has 0 amide bonds. The maximum atomic E-state index is 12.3. The molecule has 0 aromatic heterocycles. The molecule has 16 heavy (non-hydrogen) atoms. The maximum Gasteiger partial charge on any atom is 0.416 e. The number of rotatable bonds is 3. The minimum Gasteiger partial charge on any atom is -0.308 e. The van der Waals surface area contributed by atoms with Crippen molar-refractivity contribution in [2.45, 2.75) is 32.5 Å². The van der Waals surface area contributed by atoms with Crippen LogP contribution in [0.25, 0.3) is 0 Å². The van der Waals surface area contributed by atoms with Gasteiger partial charge in [0.2, 0.25) is 0 Å². The highest BCUT2D eigenvalue weighted by Gasteiger charge is 2.30. The van der Waals surface area contributed by atoms with E-state index in [0.717, 1.165) is 24.2 Å². The minimum absolute atomic E-state index is 0.307. The molecule has 0 saturated carbocycles. The third-order valence-corrected chi connectivity index (χ3v) is 2.55. The summed E-state index contributed by atoms with van der Waals surface area (Å²) in [5, 5.41) is 3.22. The highest BCUT2D eigenvalue weighted by molar-refractivity contribution is 5.29. The van der Waals surface area contributed by atoms with Crippen molar-refractivity contribution in [2.75, 3.05) is 6.54 Å². The molecule has 1 aromatic rings. The monoisotopic (exact) mass is 231 g/mol. The zero-order valence-corrected chi connectivity index (χ0v) is 9.65. The zero-order valence-electron chi connectivity index (χ0n) is 9.65. The van der Waals surface area contributed by atoms with E-state index < -0.39 is 11.7 Å². The zero-order chi connectivity index (χ0) is 12.4. The quantitative estimate of drug-likeness (QED) is 0.838. The molecule has 0 heterocycles. The molecule has 0 atom stereocenters. The van der Waals surface area contributed by atoms with Crippen LogP contribution in [0.5, 0.6) is 0 Å².